The zero-order valence-corrected chi connectivity index (χ0v) is 13.5. The highest BCUT2D eigenvalue weighted by molar-refractivity contribution is 9.10. The van der Waals surface area contributed by atoms with Gasteiger partial charge in [-0.1, -0.05) is 6.92 Å². The van der Waals surface area contributed by atoms with Crippen molar-refractivity contribution in [3.05, 3.63) is 16.4 Å². The highest BCUT2D eigenvalue weighted by atomic mass is 79.9. The third kappa shape index (κ3) is 4.07. The number of aryl methyl sites for hydroxylation is 1. The van der Waals surface area contributed by atoms with E-state index in [-0.39, 0.29) is 11.6 Å². The van der Waals surface area contributed by atoms with Gasteiger partial charge >= 0.3 is 0 Å². The van der Waals surface area contributed by atoms with Gasteiger partial charge in [-0.25, -0.2) is 0 Å². The van der Waals surface area contributed by atoms with Crippen LogP contribution in [0.1, 0.15) is 45.3 Å². The van der Waals surface area contributed by atoms with Gasteiger partial charge < -0.3 is 10.1 Å². The Labute approximate surface area is 118 Å². The summed E-state index contributed by atoms with van der Waals surface area (Å²) in [6.45, 7) is 7.38. The molecular weight excluding hydrogens is 294 g/mol. The number of halogens is 1. The maximum Gasteiger partial charge on any atom is 0.0693 e. The molecular formula is C13H24BrN3O. The molecule has 0 radical (unpaired) electrons. The highest BCUT2D eigenvalue weighted by Gasteiger charge is 2.27. The number of aromatic nitrogens is 2. The molecule has 0 fully saturated rings. The van der Waals surface area contributed by atoms with E-state index < -0.39 is 0 Å². The SMILES string of the molecule is CCCNC(CC(C)(C)OC)c1c(Br)cnn1C. The fourth-order valence-corrected chi connectivity index (χ4v) is 2.60. The lowest BCUT2D eigenvalue weighted by atomic mass is 9.96. The summed E-state index contributed by atoms with van der Waals surface area (Å²) in [5.74, 6) is 0. The lowest BCUT2D eigenvalue weighted by molar-refractivity contribution is 0.00615. The van der Waals surface area contributed by atoms with Gasteiger partial charge in [-0.3, -0.25) is 4.68 Å². The molecule has 0 spiro atoms. The minimum absolute atomic E-state index is 0.158. The smallest absolute Gasteiger partial charge is 0.0693 e. The van der Waals surface area contributed by atoms with Crippen LogP contribution in [0.3, 0.4) is 0 Å². The molecule has 1 heterocycles. The molecule has 1 rings (SSSR count). The summed E-state index contributed by atoms with van der Waals surface area (Å²) >= 11 is 3.57. The molecule has 5 heteroatoms. The summed E-state index contributed by atoms with van der Waals surface area (Å²) in [7, 11) is 3.73. The third-order valence-electron chi connectivity index (χ3n) is 3.16. The van der Waals surface area contributed by atoms with Crippen molar-refractivity contribution in [3.63, 3.8) is 0 Å². The van der Waals surface area contributed by atoms with Crippen LogP contribution in [0.4, 0.5) is 0 Å². The number of nitrogens with zero attached hydrogens (tertiary/aromatic N) is 2. The van der Waals surface area contributed by atoms with Crippen LogP contribution in [0.5, 0.6) is 0 Å². The van der Waals surface area contributed by atoms with Crippen molar-refractivity contribution in [2.75, 3.05) is 13.7 Å². The number of hydrogen-bond acceptors (Lipinski definition) is 3. The lowest BCUT2D eigenvalue weighted by Crippen LogP contribution is -2.33. The minimum atomic E-state index is -0.158. The van der Waals surface area contributed by atoms with E-state index in [1.807, 2.05) is 17.9 Å². The molecule has 0 aliphatic heterocycles. The van der Waals surface area contributed by atoms with E-state index in [9.17, 15) is 0 Å². The first-order valence-electron chi connectivity index (χ1n) is 6.37. The lowest BCUT2D eigenvalue weighted by Gasteiger charge is -2.29. The molecule has 1 unspecified atom stereocenters. The van der Waals surface area contributed by atoms with E-state index in [0.717, 1.165) is 23.9 Å². The van der Waals surface area contributed by atoms with Gasteiger partial charge in [0.25, 0.3) is 0 Å². The molecule has 0 aliphatic rings. The van der Waals surface area contributed by atoms with Crippen LogP contribution in [0.15, 0.2) is 10.7 Å². The van der Waals surface area contributed by atoms with Gasteiger partial charge in [-0.05, 0) is 49.2 Å². The fourth-order valence-electron chi connectivity index (χ4n) is 1.97. The maximum absolute atomic E-state index is 5.54. The van der Waals surface area contributed by atoms with Crippen LogP contribution in [-0.4, -0.2) is 29.0 Å². The Kier molecular flexibility index (Phi) is 5.82. The van der Waals surface area contributed by atoms with E-state index in [1.54, 1.807) is 7.11 Å². The van der Waals surface area contributed by atoms with Crippen LogP contribution in [0.2, 0.25) is 0 Å². The third-order valence-corrected chi connectivity index (χ3v) is 3.77. The number of hydrogen-bond donors (Lipinski definition) is 1. The second kappa shape index (κ2) is 6.68. The molecule has 1 atom stereocenters. The number of ether oxygens (including phenoxy) is 1. The van der Waals surface area contributed by atoms with E-state index in [4.69, 9.17) is 4.74 Å². The molecule has 104 valence electrons. The predicted octanol–water partition coefficient (Wildman–Crippen LogP) is 3.04. The molecule has 0 saturated heterocycles. The van der Waals surface area contributed by atoms with Gasteiger partial charge in [-0.15, -0.1) is 0 Å². The first-order valence-corrected chi connectivity index (χ1v) is 7.16. The molecule has 18 heavy (non-hydrogen) atoms. The van der Waals surface area contributed by atoms with E-state index in [1.165, 1.54) is 5.69 Å². The predicted molar refractivity (Wildman–Crippen MR) is 77.6 cm³/mol. The average molecular weight is 318 g/mol. The number of rotatable bonds is 7. The number of nitrogens with one attached hydrogen (secondary N) is 1. The van der Waals surface area contributed by atoms with Crippen LogP contribution in [-0.2, 0) is 11.8 Å². The monoisotopic (exact) mass is 317 g/mol. The summed E-state index contributed by atoms with van der Waals surface area (Å²) in [4.78, 5) is 0. The first kappa shape index (κ1) is 15.7. The Bertz CT molecular complexity index is 357. The van der Waals surface area contributed by atoms with Crippen LogP contribution >= 0.6 is 15.9 Å². The Morgan fingerprint density at radius 3 is 2.67 bits per heavy atom. The van der Waals surface area contributed by atoms with Gasteiger partial charge in [0.05, 0.1) is 28.0 Å². The minimum Gasteiger partial charge on any atom is -0.379 e. The van der Waals surface area contributed by atoms with Crippen molar-refractivity contribution >= 4 is 15.9 Å². The Morgan fingerprint density at radius 1 is 1.56 bits per heavy atom. The summed E-state index contributed by atoms with van der Waals surface area (Å²) in [6.07, 6.45) is 3.86. The van der Waals surface area contributed by atoms with Gasteiger partial charge in [0.2, 0.25) is 0 Å². The standard InChI is InChI=1S/C13H24BrN3O/c1-6-7-15-11(8-13(2,3)18-5)12-10(14)9-16-17(12)4/h9,11,15H,6-8H2,1-5H3. The molecule has 0 aliphatic carbocycles. The Morgan fingerprint density at radius 2 is 2.22 bits per heavy atom. The summed E-state index contributed by atoms with van der Waals surface area (Å²) in [6, 6.07) is 0.238. The van der Waals surface area contributed by atoms with Crippen molar-refractivity contribution in [3.8, 4) is 0 Å². The molecule has 0 aromatic carbocycles. The highest BCUT2D eigenvalue weighted by Crippen LogP contribution is 2.30. The van der Waals surface area contributed by atoms with E-state index in [2.05, 4.69) is 47.1 Å². The summed E-state index contributed by atoms with van der Waals surface area (Å²) in [5, 5.41) is 7.86. The molecule has 0 saturated carbocycles. The molecule has 0 amide bonds. The van der Waals surface area contributed by atoms with Crippen LogP contribution in [0, 0.1) is 0 Å². The number of methoxy groups -OCH3 is 1. The van der Waals surface area contributed by atoms with Gasteiger partial charge in [0.1, 0.15) is 0 Å². The molecule has 4 nitrogen and oxygen atoms in total. The zero-order valence-electron chi connectivity index (χ0n) is 12.0. The quantitative estimate of drug-likeness (QED) is 0.840. The van der Waals surface area contributed by atoms with Crippen LogP contribution < -0.4 is 5.32 Å². The van der Waals surface area contributed by atoms with E-state index >= 15 is 0 Å². The topological polar surface area (TPSA) is 39.1 Å². The van der Waals surface area contributed by atoms with Crippen molar-refractivity contribution in [2.45, 2.75) is 45.3 Å². The maximum atomic E-state index is 5.54. The van der Waals surface area contributed by atoms with Gasteiger partial charge in [0, 0.05) is 14.2 Å². The Balaban J connectivity index is 2.91. The first-order chi connectivity index (χ1) is 8.41. The fraction of sp³-hybridized carbons (Fsp3) is 0.769. The summed E-state index contributed by atoms with van der Waals surface area (Å²) < 4.78 is 8.51. The zero-order chi connectivity index (χ0) is 13.8. The van der Waals surface area contributed by atoms with E-state index in [0.29, 0.717) is 0 Å². The van der Waals surface area contributed by atoms with Crippen molar-refractivity contribution < 1.29 is 4.74 Å². The van der Waals surface area contributed by atoms with Crippen LogP contribution in [0.25, 0.3) is 0 Å². The Hall–Kier alpha value is -0.390. The molecule has 0 bridgehead atoms. The average Bonchev–Trinajstić information content (AvgIpc) is 2.65. The van der Waals surface area contributed by atoms with Gasteiger partial charge in [-0.2, -0.15) is 5.10 Å². The molecule has 1 aromatic heterocycles. The van der Waals surface area contributed by atoms with Gasteiger partial charge in [0.15, 0.2) is 0 Å². The largest absolute Gasteiger partial charge is 0.379 e. The van der Waals surface area contributed by atoms with Crippen molar-refractivity contribution in [2.24, 2.45) is 7.05 Å². The second-order valence-electron chi connectivity index (χ2n) is 5.18. The molecule has 1 N–H and O–H groups in total. The second-order valence-corrected chi connectivity index (χ2v) is 6.03. The van der Waals surface area contributed by atoms with Crippen molar-refractivity contribution in [1.29, 1.82) is 0 Å². The van der Waals surface area contributed by atoms with Crippen molar-refractivity contribution in [1.82, 2.24) is 15.1 Å². The normalized spacial score (nSPS) is 13.9. The summed E-state index contributed by atoms with van der Waals surface area (Å²) in [5.41, 5.74) is 1.02. The molecule has 1 aromatic rings.